The number of hydrogen-bond donors (Lipinski definition) is 3. The molecule has 1 rings (SSSR count). The van der Waals surface area contributed by atoms with Crippen LogP contribution in [0.1, 0.15) is 38.1 Å². The van der Waals surface area contributed by atoms with Crippen molar-refractivity contribution in [1.82, 2.24) is 4.98 Å². The summed E-state index contributed by atoms with van der Waals surface area (Å²) >= 11 is 0. The summed E-state index contributed by atoms with van der Waals surface area (Å²) in [5.74, 6) is -1.06. The van der Waals surface area contributed by atoms with Crippen molar-refractivity contribution in [3.63, 3.8) is 0 Å². The fraction of sp³-hybridized carbons (Fsp3) is 0.462. The summed E-state index contributed by atoms with van der Waals surface area (Å²) in [6.07, 6.45) is 1.45. The molecule has 0 saturated carbocycles. The number of carbonyl (C=O) groups excluding carboxylic acids is 1. The molecule has 1 aromatic heterocycles. The van der Waals surface area contributed by atoms with Gasteiger partial charge in [-0.05, 0) is 39.8 Å². The van der Waals surface area contributed by atoms with Gasteiger partial charge < -0.3 is 16.2 Å². The van der Waals surface area contributed by atoms with Gasteiger partial charge in [0.2, 0.25) is 5.91 Å². The van der Waals surface area contributed by atoms with Gasteiger partial charge >= 0.3 is 5.97 Å². The number of amides is 1. The highest BCUT2D eigenvalue weighted by atomic mass is 16.4. The number of carboxylic acid groups (broad SMARTS) is 1. The van der Waals surface area contributed by atoms with E-state index in [2.05, 4.69) is 10.3 Å². The summed E-state index contributed by atoms with van der Waals surface area (Å²) in [6.45, 7) is 6.78. The second-order valence-corrected chi connectivity index (χ2v) is 5.47. The summed E-state index contributed by atoms with van der Waals surface area (Å²) in [7, 11) is 0. The average molecular weight is 265 g/mol. The van der Waals surface area contributed by atoms with Crippen LogP contribution in [0, 0.1) is 5.41 Å². The lowest BCUT2D eigenvalue weighted by molar-refractivity contribution is -0.149. The standard InChI is InChI=1S/C13H19N3O3/c1-12(2,11(18)19)13(3,4)16-9-7-8(10(14)17)5-6-15-9/h5-7H,1-4H3,(H2,14,17)(H,15,16)(H,18,19). The number of carboxylic acids is 1. The molecule has 0 aromatic carbocycles. The van der Waals surface area contributed by atoms with Crippen molar-refractivity contribution in [2.24, 2.45) is 11.1 Å². The lowest BCUT2D eigenvalue weighted by Crippen LogP contribution is -2.50. The van der Waals surface area contributed by atoms with E-state index in [0.29, 0.717) is 11.4 Å². The molecule has 0 aliphatic rings. The van der Waals surface area contributed by atoms with E-state index in [4.69, 9.17) is 5.73 Å². The minimum atomic E-state index is -1.02. The van der Waals surface area contributed by atoms with Crippen LogP contribution in [0.15, 0.2) is 18.3 Å². The Morgan fingerprint density at radius 2 is 1.89 bits per heavy atom. The zero-order valence-electron chi connectivity index (χ0n) is 11.5. The highest BCUT2D eigenvalue weighted by molar-refractivity contribution is 5.93. The Morgan fingerprint density at radius 3 is 2.37 bits per heavy atom. The van der Waals surface area contributed by atoms with Gasteiger partial charge in [-0.1, -0.05) is 0 Å². The molecular weight excluding hydrogens is 246 g/mol. The molecule has 0 aliphatic heterocycles. The summed E-state index contributed by atoms with van der Waals surface area (Å²) in [6, 6.07) is 3.00. The number of nitrogens with two attached hydrogens (primary N) is 1. The van der Waals surface area contributed by atoms with E-state index in [1.54, 1.807) is 27.7 Å². The van der Waals surface area contributed by atoms with Crippen LogP contribution in [0.3, 0.4) is 0 Å². The summed E-state index contributed by atoms with van der Waals surface area (Å²) in [5.41, 5.74) is 3.73. The highest BCUT2D eigenvalue weighted by Crippen LogP contribution is 2.33. The van der Waals surface area contributed by atoms with Gasteiger partial charge in [0.1, 0.15) is 5.82 Å². The first-order chi connectivity index (χ1) is 8.58. The SMILES string of the molecule is CC(C)(Nc1cc(C(N)=O)ccn1)C(C)(C)C(=O)O. The number of rotatable bonds is 5. The normalized spacial score (nSPS) is 12.0. The van der Waals surface area contributed by atoms with E-state index >= 15 is 0 Å². The molecule has 4 N–H and O–H groups in total. The molecule has 104 valence electrons. The molecule has 0 bridgehead atoms. The molecule has 1 heterocycles. The maximum absolute atomic E-state index is 11.3. The van der Waals surface area contributed by atoms with E-state index in [-0.39, 0.29) is 0 Å². The van der Waals surface area contributed by atoms with Gasteiger partial charge in [-0.2, -0.15) is 0 Å². The monoisotopic (exact) mass is 265 g/mol. The van der Waals surface area contributed by atoms with Crippen LogP contribution in [0.5, 0.6) is 0 Å². The third kappa shape index (κ3) is 3.01. The molecule has 1 amide bonds. The lowest BCUT2D eigenvalue weighted by atomic mass is 9.74. The smallest absolute Gasteiger partial charge is 0.311 e. The fourth-order valence-electron chi connectivity index (χ4n) is 1.40. The van der Waals surface area contributed by atoms with Gasteiger partial charge in [-0.3, -0.25) is 9.59 Å². The zero-order valence-corrected chi connectivity index (χ0v) is 11.5. The maximum atomic E-state index is 11.3. The van der Waals surface area contributed by atoms with Crippen molar-refractivity contribution in [3.8, 4) is 0 Å². The van der Waals surface area contributed by atoms with Crippen molar-refractivity contribution in [2.75, 3.05) is 5.32 Å². The molecule has 0 fully saturated rings. The third-order valence-electron chi connectivity index (χ3n) is 3.58. The number of hydrogen-bond acceptors (Lipinski definition) is 4. The van der Waals surface area contributed by atoms with Crippen molar-refractivity contribution in [2.45, 2.75) is 33.2 Å². The van der Waals surface area contributed by atoms with Crippen molar-refractivity contribution >= 4 is 17.7 Å². The van der Waals surface area contributed by atoms with Crippen LogP contribution in [-0.4, -0.2) is 27.5 Å². The van der Waals surface area contributed by atoms with Gasteiger partial charge in [0.15, 0.2) is 0 Å². The van der Waals surface area contributed by atoms with Crippen molar-refractivity contribution < 1.29 is 14.7 Å². The third-order valence-corrected chi connectivity index (χ3v) is 3.58. The van der Waals surface area contributed by atoms with Crippen LogP contribution >= 0.6 is 0 Å². The van der Waals surface area contributed by atoms with E-state index in [9.17, 15) is 14.7 Å². The lowest BCUT2D eigenvalue weighted by Gasteiger charge is -2.39. The summed E-state index contributed by atoms with van der Waals surface area (Å²) in [4.78, 5) is 26.5. The van der Waals surface area contributed by atoms with E-state index in [1.165, 1.54) is 18.3 Å². The Bertz CT molecular complexity index is 510. The number of aliphatic carboxylic acids is 1. The van der Waals surface area contributed by atoms with Gasteiger partial charge in [-0.15, -0.1) is 0 Å². The molecule has 0 spiro atoms. The van der Waals surface area contributed by atoms with Crippen LogP contribution in [0.2, 0.25) is 0 Å². The second kappa shape index (κ2) is 4.87. The number of anilines is 1. The number of nitrogens with zero attached hydrogens (tertiary/aromatic N) is 1. The van der Waals surface area contributed by atoms with Gasteiger partial charge in [-0.25, -0.2) is 4.98 Å². The highest BCUT2D eigenvalue weighted by Gasteiger charge is 2.43. The minimum absolute atomic E-state index is 0.321. The molecule has 6 heteroatoms. The Hall–Kier alpha value is -2.11. The first-order valence-corrected chi connectivity index (χ1v) is 5.85. The Kier molecular flexibility index (Phi) is 3.83. The molecule has 1 aromatic rings. The van der Waals surface area contributed by atoms with Crippen LogP contribution < -0.4 is 11.1 Å². The number of carbonyl (C=O) groups is 2. The largest absolute Gasteiger partial charge is 0.481 e. The molecule has 0 aliphatic carbocycles. The molecule has 0 atom stereocenters. The average Bonchev–Trinajstić information content (AvgIpc) is 2.28. The van der Waals surface area contributed by atoms with Gasteiger partial charge in [0.05, 0.1) is 5.41 Å². The molecule has 0 unspecified atom stereocenters. The molecule has 6 nitrogen and oxygen atoms in total. The topological polar surface area (TPSA) is 105 Å². The second-order valence-electron chi connectivity index (χ2n) is 5.47. The maximum Gasteiger partial charge on any atom is 0.311 e. The Balaban J connectivity index is 3.05. The number of primary amides is 1. The predicted octanol–water partition coefficient (Wildman–Crippen LogP) is 1.48. The fourth-order valence-corrected chi connectivity index (χ4v) is 1.40. The number of nitrogens with one attached hydrogen (secondary N) is 1. The Labute approximate surface area is 112 Å². The van der Waals surface area contributed by atoms with E-state index in [1.807, 2.05) is 0 Å². The van der Waals surface area contributed by atoms with E-state index in [0.717, 1.165) is 0 Å². The van der Waals surface area contributed by atoms with Gasteiger partial charge in [0.25, 0.3) is 0 Å². The van der Waals surface area contributed by atoms with E-state index < -0.39 is 22.8 Å². The van der Waals surface area contributed by atoms with Crippen LogP contribution in [0.25, 0.3) is 0 Å². The van der Waals surface area contributed by atoms with Crippen molar-refractivity contribution in [3.05, 3.63) is 23.9 Å². The van der Waals surface area contributed by atoms with Crippen LogP contribution in [0.4, 0.5) is 5.82 Å². The number of aromatic nitrogens is 1. The van der Waals surface area contributed by atoms with Gasteiger partial charge in [0, 0.05) is 17.3 Å². The van der Waals surface area contributed by atoms with Crippen LogP contribution in [-0.2, 0) is 4.79 Å². The summed E-state index contributed by atoms with van der Waals surface area (Å²) < 4.78 is 0. The summed E-state index contributed by atoms with van der Waals surface area (Å²) in [5, 5.41) is 12.3. The first kappa shape index (κ1) is 14.9. The number of pyridine rings is 1. The minimum Gasteiger partial charge on any atom is -0.481 e. The Morgan fingerprint density at radius 1 is 1.32 bits per heavy atom. The zero-order chi connectivity index (χ0) is 14.8. The molecule has 19 heavy (non-hydrogen) atoms. The molecule has 0 radical (unpaired) electrons. The quantitative estimate of drug-likeness (QED) is 0.747. The first-order valence-electron chi connectivity index (χ1n) is 5.85. The predicted molar refractivity (Wildman–Crippen MR) is 71.9 cm³/mol. The van der Waals surface area contributed by atoms with Crippen molar-refractivity contribution in [1.29, 1.82) is 0 Å². The molecule has 0 saturated heterocycles. The molecular formula is C13H19N3O3.